The van der Waals surface area contributed by atoms with Gasteiger partial charge < -0.3 is 4.90 Å². The Morgan fingerprint density at radius 2 is 1.77 bits per heavy atom. The predicted molar refractivity (Wildman–Crippen MR) is 86.1 cm³/mol. The number of unbranched alkanes of at least 4 members (excludes halogenated alkanes) is 1. The molecule has 0 saturated carbocycles. The highest BCUT2D eigenvalue weighted by Gasteiger charge is 2.19. The summed E-state index contributed by atoms with van der Waals surface area (Å²) in [6.07, 6.45) is 7.80. The van der Waals surface area contributed by atoms with Crippen LogP contribution in [0.3, 0.4) is 0 Å². The number of pyridine rings is 1. The third-order valence-corrected chi connectivity index (χ3v) is 4.32. The first-order valence-electron chi connectivity index (χ1n) is 8.11. The molecule has 0 spiro atoms. The molecular weight excluding hydrogens is 272 g/mol. The first kappa shape index (κ1) is 14.8. The van der Waals surface area contributed by atoms with Crippen LogP contribution in [-0.2, 0) is 24.3 Å². The summed E-state index contributed by atoms with van der Waals surface area (Å²) in [4.78, 5) is 14.4. The summed E-state index contributed by atoms with van der Waals surface area (Å²) < 4.78 is 2.17. The first-order valence-corrected chi connectivity index (χ1v) is 8.11. The van der Waals surface area contributed by atoms with Crippen LogP contribution in [0.15, 0.2) is 54.9 Å². The van der Waals surface area contributed by atoms with Crippen LogP contribution in [0.1, 0.15) is 30.4 Å². The SMILES string of the molecule is O=C(CCCC[n+]1ccccc1)N1CCc2ccccc2C1. The van der Waals surface area contributed by atoms with Gasteiger partial charge in [-0.1, -0.05) is 30.3 Å². The van der Waals surface area contributed by atoms with Crippen LogP contribution in [-0.4, -0.2) is 17.4 Å². The zero-order valence-electron chi connectivity index (χ0n) is 12.9. The number of aromatic nitrogens is 1. The summed E-state index contributed by atoms with van der Waals surface area (Å²) in [6, 6.07) is 14.6. The number of carbonyl (C=O) groups excluding carboxylic acids is 1. The monoisotopic (exact) mass is 295 g/mol. The summed E-state index contributed by atoms with van der Waals surface area (Å²) in [5.74, 6) is 0.299. The van der Waals surface area contributed by atoms with E-state index < -0.39 is 0 Å². The van der Waals surface area contributed by atoms with Crippen molar-refractivity contribution in [1.29, 1.82) is 0 Å². The van der Waals surface area contributed by atoms with E-state index in [1.54, 1.807) is 0 Å². The maximum Gasteiger partial charge on any atom is 0.222 e. The van der Waals surface area contributed by atoms with Crippen molar-refractivity contribution in [3.8, 4) is 0 Å². The summed E-state index contributed by atoms with van der Waals surface area (Å²) >= 11 is 0. The van der Waals surface area contributed by atoms with E-state index in [9.17, 15) is 4.79 Å². The molecule has 0 bridgehead atoms. The molecule has 0 N–H and O–H groups in total. The van der Waals surface area contributed by atoms with Gasteiger partial charge >= 0.3 is 0 Å². The molecule has 1 amide bonds. The molecule has 2 heterocycles. The Morgan fingerprint density at radius 3 is 2.59 bits per heavy atom. The number of aryl methyl sites for hydroxylation is 1. The molecule has 22 heavy (non-hydrogen) atoms. The zero-order chi connectivity index (χ0) is 15.2. The van der Waals surface area contributed by atoms with Crippen molar-refractivity contribution in [2.24, 2.45) is 0 Å². The minimum atomic E-state index is 0.299. The average Bonchev–Trinajstić information content (AvgIpc) is 2.59. The number of carbonyl (C=O) groups is 1. The molecule has 1 aromatic heterocycles. The Labute approximate surface area is 132 Å². The Bertz CT molecular complexity index is 624. The largest absolute Gasteiger partial charge is 0.338 e. The van der Waals surface area contributed by atoms with Crippen LogP contribution in [0, 0.1) is 0 Å². The van der Waals surface area contributed by atoms with E-state index in [1.807, 2.05) is 23.1 Å². The molecular formula is C19H23N2O+. The number of benzene rings is 1. The summed E-state index contributed by atoms with van der Waals surface area (Å²) in [6.45, 7) is 2.63. The van der Waals surface area contributed by atoms with Crippen LogP contribution in [0.25, 0.3) is 0 Å². The molecule has 0 radical (unpaired) electrons. The lowest BCUT2D eigenvalue weighted by Gasteiger charge is -2.28. The molecule has 0 saturated heterocycles. The number of hydrogen-bond donors (Lipinski definition) is 0. The fourth-order valence-corrected chi connectivity index (χ4v) is 3.02. The highest BCUT2D eigenvalue weighted by Crippen LogP contribution is 2.19. The molecule has 0 unspecified atom stereocenters. The zero-order valence-corrected chi connectivity index (χ0v) is 12.9. The van der Waals surface area contributed by atoms with Gasteiger partial charge in [-0.25, -0.2) is 4.57 Å². The van der Waals surface area contributed by atoms with Crippen molar-refractivity contribution >= 4 is 5.91 Å². The van der Waals surface area contributed by atoms with E-state index in [0.29, 0.717) is 12.3 Å². The smallest absolute Gasteiger partial charge is 0.222 e. The Balaban J connectivity index is 1.43. The minimum Gasteiger partial charge on any atom is -0.338 e. The lowest BCUT2D eigenvalue weighted by molar-refractivity contribution is -0.697. The van der Waals surface area contributed by atoms with Gasteiger partial charge in [0, 0.05) is 38.1 Å². The van der Waals surface area contributed by atoms with Gasteiger partial charge in [-0.3, -0.25) is 4.79 Å². The molecule has 1 aromatic carbocycles. The normalized spacial score (nSPS) is 13.7. The van der Waals surface area contributed by atoms with Gasteiger partial charge in [0.25, 0.3) is 0 Å². The lowest BCUT2D eigenvalue weighted by atomic mass is 9.99. The fourth-order valence-electron chi connectivity index (χ4n) is 3.02. The summed E-state index contributed by atoms with van der Waals surface area (Å²) in [7, 11) is 0. The number of nitrogens with zero attached hydrogens (tertiary/aromatic N) is 2. The highest BCUT2D eigenvalue weighted by molar-refractivity contribution is 5.76. The van der Waals surface area contributed by atoms with Gasteiger partial charge in [0.15, 0.2) is 12.4 Å². The molecule has 3 rings (SSSR count). The van der Waals surface area contributed by atoms with Gasteiger partial charge in [-0.05, 0) is 24.0 Å². The van der Waals surface area contributed by atoms with Crippen LogP contribution in [0.4, 0.5) is 0 Å². The maximum atomic E-state index is 12.3. The third-order valence-electron chi connectivity index (χ3n) is 4.32. The van der Waals surface area contributed by atoms with Gasteiger partial charge in [-0.15, -0.1) is 0 Å². The molecule has 0 aliphatic carbocycles. The summed E-state index contributed by atoms with van der Waals surface area (Å²) in [5.41, 5.74) is 2.70. The Kier molecular flexibility index (Phi) is 4.84. The molecule has 1 aliphatic rings. The second-order valence-electron chi connectivity index (χ2n) is 5.90. The third kappa shape index (κ3) is 3.73. The number of amides is 1. The highest BCUT2D eigenvalue weighted by atomic mass is 16.2. The lowest BCUT2D eigenvalue weighted by Crippen LogP contribution is -2.36. The van der Waals surface area contributed by atoms with E-state index in [1.165, 1.54) is 11.1 Å². The molecule has 114 valence electrons. The quantitative estimate of drug-likeness (QED) is 0.615. The number of fused-ring (bicyclic) bond motifs is 1. The molecule has 3 nitrogen and oxygen atoms in total. The van der Waals surface area contributed by atoms with E-state index in [0.717, 1.165) is 38.9 Å². The molecule has 0 fully saturated rings. The van der Waals surface area contributed by atoms with E-state index >= 15 is 0 Å². The van der Waals surface area contributed by atoms with Crippen LogP contribution >= 0.6 is 0 Å². The molecule has 1 aliphatic heterocycles. The van der Waals surface area contributed by atoms with Crippen LogP contribution < -0.4 is 4.57 Å². The van der Waals surface area contributed by atoms with E-state index in [2.05, 4.69) is 41.2 Å². The predicted octanol–water partition coefficient (Wildman–Crippen LogP) is 2.73. The Hall–Kier alpha value is -2.16. The van der Waals surface area contributed by atoms with Crippen LogP contribution in [0.2, 0.25) is 0 Å². The van der Waals surface area contributed by atoms with Gasteiger partial charge in [0.2, 0.25) is 5.91 Å². The number of rotatable bonds is 5. The molecule has 2 aromatic rings. The maximum absolute atomic E-state index is 12.3. The van der Waals surface area contributed by atoms with Crippen LogP contribution in [0.5, 0.6) is 0 Å². The number of hydrogen-bond acceptors (Lipinski definition) is 1. The Morgan fingerprint density at radius 1 is 1.00 bits per heavy atom. The van der Waals surface area contributed by atoms with Gasteiger partial charge in [-0.2, -0.15) is 0 Å². The molecule has 0 atom stereocenters. The van der Waals surface area contributed by atoms with Crippen molar-refractivity contribution in [3.05, 3.63) is 66.0 Å². The topological polar surface area (TPSA) is 24.2 Å². The minimum absolute atomic E-state index is 0.299. The first-order chi connectivity index (χ1) is 10.8. The standard InChI is InChI=1S/C19H23N2O/c22-19(10-4-7-14-20-12-5-1-6-13-20)21-15-11-17-8-2-3-9-18(17)16-21/h1-3,5-6,8-9,12-13H,4,7,10-11,14-16H2/q+1. The van der Waals surface area contributed by atoms with Gasteiger partial charge in [0.05, 0.1) is 0 Å². The van der Waals surface area contributed by atoms with Crippen molar-refractivity contribution in [2.45, 2.75) is 38.8 Å². The van der Waals surface area contributed by atoms with Crippen molar-refractivity contribution in [3.63, 3.8) is 0 Å². The molecule has 3 heteroatoms. The average molecular weight is 295 g/mol. The van der Waals surface area contributed by atoms with Crippen molar-refractivity contribution in [2.75, 3.05) is 6.54 Å². The second-order valence-corrected chi connectivity index (χ2v) is 5.90. The van der Waals surface area contributed by atoms with E-state index in [-0.39, 0.29) is 0 Å². The van der Waals surface area contributed by atoms with Gasteiger partial charge in [0.1, 0.15) is 6.54 Å². The van der Waals surface area contributed by atoms with E-state index in [4.69, 9.17) is 0 Å². The van der Waals surface area contributed by atoms with Crippen molar-refractivity contribution < 1.29 is 9.36 Å². The second kappa shape index (κ2) is 7.21. The fraction of sp³-hybridized carbons (Fsp3) is 0.368. The summed E-state index contributed by atoms with van der Waals surface area (Å²) in [5, 5.41) is 0. The van der Waals surface area contributed by atoms with Crippen molar-refractivity contribution in [1.82, 2.24) is 4.90 Å².